The Hall–Kier alpha value is -2.05. The first-order chi connectivity index (χ1) is 15.2. The lowest BCUT2D eigenvalue weighted by atomic mass is 9.84. The van der Waals surface area contributed by atoms with Crippen LogP contribution >= 0.6 is 24.2 Å². The summed E-state index contributed by atoms with van der Waals surface area (Å²) in [6.07, 6.45) is 7.89. The molecule has 0 saturated carbocycles. The lowest BCUT2D eigenvalue weighted by molar-refractivity contribution is 0.0522. The van der Waals surface area contributed by atoms with E-state index in [0.29, 0.717) is 5.75 Å². The maximum absolute atomic E-state index is 10.4. The normalized spacial score (nSPS) is 17.0. The number of guanidine groups is 1. The van der Waals surface area contributed by atoms with Crippen LogP contribution < -0.4 is 15.8 Å². The van der Waals surface area contributed by atoms with Gasteiger partial charge in [-0.15, -0.1) is 24.2 Å². The van der Waals surface area contributed by atoms with Gasteiger partial charge in [-0.05, 0) is 107 Å². The maximum Gasteiger partial charge on any atom is 0.190 e. The van der Waals surface area contributed by atoms with E-state index in [4.69, 9.17) is 15.9 Å². The van der Waals surface area contributed by atoms with Crippen molar-refractivity contribution in [2.24, 2.45) is 5.73 Å². The first kappa shape index (κ1) is 27.2. The van der Waals surface area contributed by atoms with E-state index < -0.39 is 0 Å². The maximum atomic E-state index is 10.4. The minimum absolute atomic E-state index is 0. The van der Waals surface area contributed by atoms with E-state index >= 15 is 0 Å². The van der Waals surface area contributed by atoms with Crippen LogP contribution in [0.4, 0.5) is 5.69 Å². The number of halogens is 1. The van der Waals surface area contributed by atoms with Crippen molar-refractivity contribution in [1.82, 2.24) is 0 Å². The summed E-state index contributed by atoms with van der Waals surface area (Å²) in [5.74, 6) is 2.51. The number of phenols is 1. The van der Waals surface area contributed by atoms with Gasteiger partial charge >= 0.3 is 0 Å². The molecule has 1 heterocycles. The average molecular weight is 492 g/mol. The van der Waals surface area contributed by atoms with Crippen molar-refractivity contribution in [3.05, 3.63) is 46.5 Å². The summed E-state index contributed by atoms with van der Waals surface area (Å²) >= 11 is 1.87. The molecule has 0 bridgehead atoms. The third kappa shape index (κ3) is 6.97. The standard InChI is InChI=1S/C26H37N3O2S.ClH/c1-17-18(2)24-22(19(3)23(17)30)13-15-26(4,31-24)14-7-5-6-8-16-32-21-11-9-20(10-12-21)29-25(27)28;/h9-12,30H,5-8,13-16H2,1-4H3,(H4,27,28,29);1H. The van der Waals surface area contributed by atoms with Gasteiger partial charge in [0.15, 0.2) is 5.96 Å². The molecular formula is C26H38ClN3O2S. The zero-order valence-corrected chi connectivity index (χ0v) is 21.8. The number of phenolic OH excluding ortho intramolecular Hbond substituents is 1. The summed E-state index contributed by atoms with van der Waals surface area (Å²) in [4.78, 5) is 1.24. The highest BCUT2D eigenvalue weighted by atomic mass is 35.5. The third-order valence-corrected chi connectivity index (χ3v) is 7.69. The SMILES string of the molecule is Cc1c(C)c2c(c(C)c1O)CCC(C)(CCCCCCSc1ccc(NC(=N)N)cc1)O2.Cl. The predicted octanol–water partition coefficient (Wildman–Crippen LogP) is 6.87. The van der Waals surface area contributed by atoms with Crippen LogP contribution in [0.5, 0.6) is 11.5 Å². The van der Waals surface area contributed by atoms with E-state index in [-0.39, 0.29) is 24.0 Å². The molecule has 2 aromatic carbocycles. The topological polar surface area (TPSA) is 91.4 Å². The molecule has 0 radical (unpaired) electrons. The van der Waals surface area contributed by atoms with Crippen LogP contribution in [0.2, 0.25) is 0 Å². The highest BCUT2D eigenvalue weighted by Gasteiger charge is 2.34. The van der Waals surface area contributed by atoms with E-state index in [1.807, 2.05) is 37.7 Å². The number of hydrogen-bond acceptors (Lipinski definition) is 4. The lowest BCUT2D eigenvalue weighted by Gasteiger charge is -2.38. The van der Waals surface area contributed by atoms with Crippen molar-refractivity contribution in [1.29, 1.82) is 5.41 Å². The molecule has 182 valence electrons. The van der Waals surface area contributed by atoms with E-state index in [0.717, 1.165) is 53.1 Å². The van der Waals surface area contributed by atoms with Crippen molar-refractivity contribution >= 4 is 35.8 Å². The fourth-order valence-electron chi connectivity index (χ4n) is 4.41. The molecule has 33 heavy (non-hydrogen) atoms. The number of hydrogen-bond donors (Lipinski definition) is 4. The van der Waals surface area contributed by atoms with Gasteiger partial charge in [0.05, 0.1) is 0 Å². The van der Waals surface area contributed by atoms with Crippen LogP contribution in [0.1, 0.15) is 67.7 Å². The zero-order chi connectivity index (χ0) is 23.3. The first-order valence-electron chi connectivity index (χ1n) is 11.5. The second-order valence-electron chi connectivity index (χ2n) is 9.16. The smallest absolute Gasteiger partial charge is 0.190 e. The molecule has 3 rings (SSSR count). The number of aromatic hydroxyl groups is 1. The molecule has 2 aromatic rings. The predicted molar refractivity (Wildman–Crippen MR) is 143 cm³/mol. The van der Waals surface area contributed by atoms with Crippen LogP contribution in [0.15, 0.2) is 29.2 Å². The van der Waals surface area contributed by atoms with E-state index in [1.54, 1.807) is 0 Å². The van der Waals surface area contributed by atoms with Gasteiger partial charge in [-0.2, -0.15) is 0 Å². The average Bonchev–Trinajstić information content (AvgIpc) is 2.76. The fraction of sp³-hybridized carbons (Fsp3) is 0.500. The Morgan fingerprint density at radius 1 is 1.09 bits per heavy atom. The van der Waals surface area contributed by atoms with E-state index in [9.17, 15) is 5.11 Å². The van der Waals surface area contributed by atoms with Crippen molar-refractivity contribution in [2.75, 3.05) is 11.1 Å². The van der Waals surface area contributed by atoms with Crippen molar-refractivity contribution in [2.45, 2.75) is 83.1 Å². The molecule has 1 unspecified atom stereocenters. The molecule has 0 amide bonds. The fourth-order valence-corrected chi connectivity index (χ4v) is 5.32. The number of unbranched alkanes of at least 4 members (excludes halogenated alkanes) is 3. The summed E-state index contributed by atoms with van der Waals surface area (Å²) < 4.78 is 6.54. The molecule has 0 aromatic heterocycles. The molecule has 5 N–H and O–H groups in total. The van der Waals surface area contributed by atoms with Crippen LogP contribution in [-0.2, 0) is 6.42 Å². The molecule has 1 aliphatic rings. The van der Waals surface area contributed by atoms with Gasteiger partial charge in [0.25, 0.3) is 0 Å². The number of nitrogens with two attached hydrogens (primary N) is 1. The van der Waals surface area contributed by atoms with Gasteiger partial charge in [-0.25, -0.2) is 0 Å². The van der Waals surface area contributed by atoms with Gasteiger partial charge in [-0.3, -0.25) is 5.41 Å². The number of rotatable bonds is 9. The highest BCUT2D eigenvalue weighted by molar-refractivity contribution is 7.99. The van der Waals surface area contributed by atoms with E-state index in [1.165, 1.54) is 36.1 Å². The quantitative estimate of drug-likeness (QED) is 0.133. The third-order valence-electron chi connectivity index (χ3n) is 6.59. The van der Waals surface area contributed by atoms with Crippen LogP contribution in [-0.4, -0.2) is 22.4 Å². The Morgan fingerprint density at radius 2 is 1.76 bits per heavy atom. The van der Waals surface area contributed by atoms with Crippen molar-refractivity contribution in [3.63, 3.8) is 0 Å². The highest BCUT2D eigenvalue weighted by Crippen LogP contribution is 2.44. The Morgan fingerprint density at radius 3 is 2.42 bits per heavy atom. The second-order valence-corrected chi connectivity index (χ2v) is 10.3. The Balaban J connectivity index is 0.00000385. The number of thioether (sulfide) groups is 1. The summed E-state index contributed by atoms with van der Waals surface area (Å²) in [6.45, 7) is 8.28. The summed E-state index contributed by atoms with van der Waals surface area (Å²) in [7, 11) is 0. The largest absolute Gasteiger partial charge is 0.507 e. The monoisotopic (exact) mass is 491 g/mol. The van der Waals surface area contributed by atoms with Gasteiger partial charge in [0.2, 0.25) is 0 Å². The Kier molecular flexibility index (Phi) is 9.80. The summed E-state index contributed by atoms with van der Waals surface area (Å²) in [5, 5.41) is 20.4. The van der Waals surface area contributed by atoms with Gasteiger partial charge in [0, 0.05) is 16.1 Å². The van der Waals surface area contributed by atoms with Crippen molar-refractivity contribution in [3.8, 4) is 11.5 Å². The number of benzene rings is 2. The Labute approximate surface area is 208 Å². The summed E-state index contributed by atoms with van der Waals surface area (Å²) in [6, 6.07) is 8.05. The molecule has 1 atom stereocenters. The summed E-state index contributed by atoms with van der Waals surface area (Å²) in [5.41, 5.74) is 10.3. The number of fused-ring (bicyclic) bond motifs is 1. The van der Waals surface area contributed by atoms with Gasteiger partial charge < -0.3 is 20.9 Å². The second kappa shape index (κ2) is 11.9. The number of ether oxygens (including phenoxy) is 1. The molecule has 7 heteroatoms. The number of nitrogens with one attached hydrogen (secondary N) is 2. The van der Waals surface area contributed by atoms with Gasteiger partial charge in [0.1, 0.15) is 17.1 Å². The first-order valence-corrected chi connectivity index (χ1v) is 12.5. The van der Waals surface area contributed by atoms with Crippen LogP contribution in [0, 0.1) is 26.2 Å². The lowest BCUT2D eigenvalue weighted by Crippen LogP contribution is -2.37. The van der Waals surface area contributed by atoms with E-state index in [2.05, 4.69) is 31.3 Å². The minimum atomic E-state index is -0.113. The molecule has 0 fully saturated rings. The molecule has 0 saturated heterocycles. The zero-order valence-electron chi connectivity index (χ0n) is 20.2. The Bertz CT molecular complexity index is 965. The minimum Gasteiger partial charge on any atom is -0.507 e. The van der Waals surface area contributed by atoms with Crippen molar-refractivity contribution < 1.29 is 9.84 Å². The molecular weight excluding hydrogens is 454 g/mol. The molecule has 0 spiro atoms. The van der Waals surface area contributed by atoms with Crippen LogP contribution in [0.3, 0.4) is 0 Å². The molecule has 5 nitrogen and oxygen atoms in total. The van der Waals surface area contributed by atoms with Gasteiger partial charge in [-0.1, -0.05) is 12.8 Å². The number of anilines is 1. The molecule has 1 aliphatic heterocycles. The molecule has 0 aliphatic carbocycles. The van der Waals surface area contributed by atoms with Crippen LogP contribution in [0.25, 0.3) is 0 Å².